The number of nitrogens with two attached hydrogens (primary N) is 1. The molecule has 0 saturated heterocycles. The van der Waals surface area contributed by atoms with Gasteiger partial charge in [-0.05, 0) is 49.1 Å². The Bertz CT molecular complexity index is 372. The van der Waals surface area contributed by atoms with Gasteiger partial charge in [0.25, 0.3) is 0 Å². The standard InChI is InChI=1S/C11H19N3S/c1-9-7-10(8-14(3)4)5-6-11(9)15(12)13-2/h5-7H,8H2,1-4H3,(H2,12,13). The molecule has 0 aliphatic heterocycles. The summed E-state index contributed by atoms with van der Waals surface area (Å²) in [5, 5.41) is 5.90. The van der Waals surface area contributed by atoms with E-state index in [0.29, 0.717) is 0 Å². The molecule has 0 aromatic heterocycles. The summed E-state index contributed by atoms with van der Waals surface area (Å²) in [6, 6.07) is 6.40. The van der Waals surface area contributed by atoms with Crippen molar-refractivity contribution in [2.45, 2.75) is 18.4 Å². The molecule has 84 valence electrons. The third-order valence-electron chi connectivity index (χ3n) is 2.16. The molecule has 0 fully saturated rings. The molecule has 0 heterocycles. The van der Waals surface area contributed by atoms with Gasteiger partial charge >= 0.3 is 0 Å². The van der Waals surface area contributed by atoms with Gasteiger partial charge in [-0.3, -0.25) is 5.14 Å². The fourth-order valence-corrected chi connectivity index (χ4v) is 2.30. The topological polar surface area (TPSA) is 41.6 Å². The van der Waals surface area contributed by atoms with Crippen molar-refractivity contribution in [3.63, 3.8) is 0 Å². The molecule has 0 radical (unpaired) electrons. The van der Waals surface area contributed by atoms with Crippen molar-refractivity contribution in [1.29, 1.82) is 0 Å². The van der Waals surface area contributed by atoms with Crippen LogP contribution in [0.2, 0.25) is 0 Å². The summed E-state index contributed by atoms with van der Waals surface area (Å²) >= 11 is 0. The molecule has 1 aromatic carbocycles. The number of aryl methyl sites for hydroxylation is 1. The van der Waals surface area contributed by atoms with Crippen LogP contribution in [0.15, 0.2) is 27.5 Å². The lowest BCUT2D eigenvalue weighted by molar-refractivity contribution is 0.402. The maximum atomic E-state index is 5.90. The first-order valence-electron chi connectivity index (χ1n) is 4.87. The maximum Gasteiger partial charge on any atom is 0.0364 e. The number of benzene rings is 1. The average Bonchev–Trinajstić information content (AvgIpc) is 2.16. The van der Waals surface area contributed by atoms with Gasteiger partial charge < -0.3 is 4.90 Å². The second kappa shape index (κ2) is 5.39. The second-order valence-electron chi connectivity index (χ2n) is 3.83. The zero-order valence-electron chi connectivity index (χ0n) is 9.82. The minimum Gasteiger partial charge on any atom is -0.305 e. The first-order valence-corrected chi connectivity index (χ1v) is 6.12. The Morgan fingerprint density at radius 3 is 2.53 bits per heavy atom. The fourth-order valence-electron chi connectivity index (χ4n) is 1.51. The van der Waals surface area contributed by atoms with E-state index in [-0.39, 0.29) is 0 Å². The van der Waals surface area contributed by atoms with Crippen LogP contribution in [-0.4, -0.2) is 26.0 Å². The molecule has 4 heteroatoms. The molecule has 15 heavy (non-hydrogen) atoms. The van der Waals surface area contributed by atoms with Gasteiger partial charge in [-0.15, -0.1) is 0 Å². The Labute approximate surface area is 94.5 Å². The zero-order chi connectivity index (χ0) is 11.4. The number of hydrogen-bond acceptors (Lipinski definition) is 2. The smallest absolute Gasteiger partial charge is 0.0364 e. The fraction of sp³-hybridized carbons (Fsp3) is 0.455. The van der Waals surface area contributed by atoms with Gasteiger partial charge in [-0.2, -0.15) is 0 Å². The molecule has 0 amide bonds. The third kappa shape index (κ3) is 3.41. The summed E-state index contributed by atoms with van der Waals surface area (Å²) in [7, 11) is 5.43. The number of hydrogen-bond donors (Lipinski definition) is 1. The summed E-state index contributed by atoms with van der Waals surface area (Å²) < 4.78 is 4.11. The van der Waals surface area contributed by atoms with E-state index in [1.54, 1.807) is 7.05 Å². The van der Waals surface area contributed by atoms with Crippen molar-refractivity contribution in [2.75, 3.05) is 21.1 Å². The molecular formula is C11H19N3S. The van der Waals surface area contributed by atoms with Crippen molar-refractivity contribution in [3.8, 4) is 0 Å². The monoisotopic (exact) mass is 225 g/mol. The van der Waals surface area contributed by atoms with Crippen molar-refractivity contribution in [3.05, 3.63) is 29.3 Å². The largest absolute Gasteiger partial charge is 0.305 e. The van der Waals surface area contributed by atoms with Crippen LogP contribution in [0, 0.1) is 6.92 Å². The molecule has 1 unspecified atom stereocenters. The van der Waals surface area contributed by atoms with E-state index in [1.807, 2.05) is 0 Å². The summed E-state index contributed by atoms with van der Waals surface area (Å²) in [4.78, 5) is 3.29. The number of nitrogens with zero attached hydrogens (tertiary/aromatic N) is 2. The summed E-state index contributed by atoms with van der Waals surface area (Å²) in [6.45, 7) is 3.05. The Morgan fingerprint density at radius 2 is 2.07 bits per heavy atom. The first-order chi connectivity index (χ1) is 7.04. The Kier molecular flexibility index (Phi) is 4.45. The highest BCUT2D eigenvalue weighted by Gasteiger charge is 2.02. The van der Waals surface area contributed by atoms with Crippen molar-refractivity contribution in [2.24, 2.45) is 9.50 Å². The minimum absolute atomic E-state index is 0.462. The molecule has 2 N–H and O–H groups in total. The second-order valence-corrected chi connectivity index (χ2v) is 5.27. The highest BCUT2D eigenvalue weighted by atomic mass is 32.2. The molecule has 3 nitrogen and oxygen atoms in total. The van der Waals surface area contributed by atoms with Gasteiger partial charge in [0.05, 0.1) is 0 Å². The summed E-state index contributed by atoms with van der Waals surface area (Å²) in [5.41, 5.74) is 2.54. The maximum absolute atomic E-state index is 5.90. The molecular weight excluding hydrogens is 206 g/mol. The van der Waals surface area contributed by atoms with Crippen molar-refractivity contribution >= 4 is 10.9 Å². The van der Waals surface area contributed by atoms with Crippen LogP contribution >= 0.6 is 0 Å². The van der Waals surface area contributed by atoms with E-state index in [2.05, 4.69) is 48.5 Å². The van der Waals surface area contributed by atoms with Crippen LogP contribution in [0.3, 0.4) is 0 Å². The van der Waals surface area contributed by atoms with E-state index < -0.39 is 10.9 Å². The highest BCUT2D eigenvalue weighted by molar-refractivity contribution is 7.85. The van der Waals surface area contributed by atoms with Gasteiger partial charge in [-0.25, -0.2) is 4.36 Å². The molecule has 1 atom stereocenters. The van der Waals surface area contributed by atoms with Crippen molar-refractivity contribution in [1.82, 2.24) is 4.90 Å². The highest BCUT2D eigenvalue weighted by Crippen LogP contribution is 2.15. The van der Waals surface area contributed by atoms with Crippen LogP contribution in [0.1, 0.15) is 11.1 Å². The van der Waals surface area contributed by atoms with E-state index in [0.717, 1.165) is 11.4 Å². The molecule has 0 aliphatic carbocycles. The predicted octanol–water partition coefficient (Wildman–Crippen LogP) is 1.72. The number of rotatable bonds is 3. The lowest BCUT2D eigenvalue weighted by atomic mass is 10.1. The van der Waals surface area contributed by atoms with Crippen LogP contribution in [0.25, 0.3) is 0 Å². The van der Waals surface area contributed by atoms with Crippen molar-refractivity contribution < 1.29 is 0 Å². The Balaban J connectivity index is 2.98. The third-order valence-corrected chi connectivity index (χ3v) is 3.46. The van der Waals surface area contributed by atoms with E-state index in [1.165, 1.54) is 11.1 Å². The molecule has 1 rings (SSSR count). The molecule has 1 aromatic rings. The van der Waals surface area contributed by atoms with Crippen LogP contribution in [0.4, 0.5) is 0 Å². The first kappa shape index (κ1) is 12.4. The Morgan fingerprint density at radius 1 is 1.40 bits per heavy atom. The van der Waals surface area contributed by atoms with E-state index >= 15 is 0 Å². The Hall–Kier alpha value is -0.710. The molecule has 0 bridgehead atoms. The molecule has 0 aliphatic rings. The lowest BCUT2D eigenvalue weighted by Gasteiger charge is -2.12. The SMILES string of the molecule is C/N=S(/N)c1ccc(CN(C)C)cc1C. The van der Waals surface area contributed by atoms with Crippen LogP contribution in [-0.2, 0) is 17.4 Å². The van der Waals surface area contributed by atoms with Gasteiger partial charge in [0, 0.05) is 18.5 Å². The minimum atomic E-state index is -0.462. The predicted molar refractivity (Wildman–Crippen MR) is 66.7 cm³/mol. The summed E-state index contributed by atoms with van der Waals surface area (Å²) in [5.74, 6) is 0. The average molecular weight is 225 g/mol. The van der Waals surface area contributed by atoms with Gasteiger partial charge in [0.1, 0.15) is 0 Å². The zero-order valence-corrected chi connectivity index (χ0v) is 10.6. The van der Waals surface area contributed by atoms with Crippen LogP contribution in [0.5, 0.6) is 0 Å². The normalized spacial score (nSPS) is 13.5. The van der Waals surface area contributed by atoms with E-state index in [9.17, 15) is 0 Å². The van der Waals surface area contributed by atoms with Gasteiger partial charge in [-0.1, -0.05) is 12.1 Å². The van der Waals surface area contributed by atoms with Crippen LogP contribution < -0.4 is 5.14 Å². The van der Waals surface area contributed by atoms with Gasteiger partial charge in [0.15, 0.2) is 0 Å². The summed E-state index contributed by atoms with van der Waals surface area (Å²) in [6.07, 6.45) is 0. The molecule has 0 saturated carbocycles. The van der Waals surface area contributed by atoms with E-state index in [4.69, 9.17) is 5.14 Å². The van der Waals surface area contributed by atoms with Gasteiger partial charge in [0.2, 0.25) is 0 Å². The quantitative estimate of drug-likeness (QED) is 0.851. The lowest BCUT2D eigenvalue weighted by Crippen LogP contribution is -2.11. The molecule has 0 spiro atoms.